The van der Waals surface area contributed by atoms with Crippen LogP contribution in [0.25, 0.3) is 0 Å². The fraction of sp³-hybridized carbons (Fsp3) is 0.381. The number of nitrogens with one attached hydrogen (secondary N) is 2. The summed E-state index contributed by atoms with van der Waals surface area (Å²) >= 11 is 0. The average molecular weight is 350 g/mol. The summed E-state index contributed by atoms with van der Waals surface area (Å²) in [7, 11) is 0. The van der Waals surface area contributed by atoms with Gasteiger partial charge < -0.3 is 15.5 Å². The Bertz CT molecular complexity index is 719. The highest BCUT2D eigenvalue weighted by molar-refractivity contribution is 5.89. The minimum Gasteiger partial charge on any atom is -0.369 e. The molecule has 0 spiro atoms. The Morgan fingerprint density at radius 1 is 0.923 bits per heavy atom. The Hall–Kier alpha value is -2.53. The summed E-state index contributed by atoms with van der Waals surface area (Å²) in [5.74, 6) is 0. The molecule has 0 aromatic heterocycles. The van der Waals surface area contributed by atoms with Gasteiger partial charge in [0, 0.05) is 50.1 Å². The molecule has 1 aliphatic carbocycles. The van der Waals surface area contributed by atoms with E-state index >= 15 is 0 Å². The zero-order chi connectivity index (χ0) is 17.8. The molecular formula is C21H26N4O. The highest BCUT2D eigenvalue weighted by Crippen LogP contribution is 2.21. The van der Waals surface area contributed by atoms with Crippen LogP contribution in [0.4, 0.5) is 16.2 Å². The van der Waals surface area contributed by atoms with Crippen molar-refractivity contribution in [3.05, 3.63) is 60.2 Å². The molecule has 0 radical (unpaired) electrons. The molecule has 0 bridgehead atoms. The van der Waals surface area contributed by atoms with Crippen LogP contribution in [-0.4, -0.2) is 43.2 Å². The Balaban J connectivity index is 1.26. The van der Waals surface area contributed by atoms with E-state index < -0.39 is 0 Å². The number of anilines is 2. The SMILES string of the molecule is O=C(Nc1ccc(N2CCN(Cc3ccccc3)CC2)cc1)NC1CC1. The molecule has 1 aliphatic heterocycles. The number of piperazine rings is 1. The van der Waals surface area contributed by atoms with Gasteiger partial charge in [0.25, 0.3) is 0 Å². The van der Waals surface area contributed by atoms with Crippen molar-refractivity contribution in [1.29, 1.82) is 0 Å². The normalized spacial score (nSPS) is 17.8. The highest BCUT2D eigenvalue weighted by atomic mass is 16.2. The van der Waals surface area contributed by atoms with E-state index in [2.05, 4.69) is 62.9 Å². The van der Waals surface area contributed by atoms with Crippen LogP contribution in [0.1, 0.15) is 18.4 Å². The second kappa shape index (κ2) is 7.79. The van der Waals surface area contributed by atoms with Crippen molar-refractivity contribution in [2.45, 2.75) is 25.4 Å². The molecule has 136 valence electrons. The molecule has 2 aliphatic rings. The van der Waals surface area contributed by atoms with Gasteiger partial charge in [-0.3, -0.25) is 4.90 Å². The van der Waals surface area contributed by atoms with Gasteiger partial charge in [-0.1, -0.05) is 30.3 Å². The molecule has 4 rings (SSSR count). The number of hydrogen-bond donors (Lipinski definition) is 2. The first-order chi connectivity index (χ1) is 12.8. The Labute approximate surface area is 155 Å². The molecule has 2 aromatic rings. The van der Waals surface area contributed by atoms with Crippen LogP contribution < -0.4 is 15.5 Å². The summed E-state index contributed by atoms with van der Waals surface area (Å²) in [6.45, 7) is 5.22. The van der Waals surface area contributed by atoms with E-state index in [0.29, 0.717) is 6.04 Å². The van der Waals surface area contributed by atoms with Gasteiger partial charge in [-0.05, 0) is 42.7 Å². The average Bonchev–Trinajstić information content (AvgIpc) is 3.48. The zero-order valence-electron chi connectivity index (χ0n) is 15.0. The Kier molecular flexibility index (Phi) is 5.07. The molecular weight excluding hydrogens is 324 g/mol. The zero-order valence-corrected chi connectivity index (χ0v) is 15.0. The first kappa shape index (κ1) is 16.9. The van der Waals surface area contributed by atoms with Crippen molar-refractivity contribution < 1.29 is 4.79 Å². The predicted molar refractivity (Wildman–Crippen MR) is 106 cm³/mol. The van der Waals surface area contributed by atoms with Crippen LogP contribution in [0.15, 0.2) is 54.6 Å². The van der Waals surface area contributed by atoms with Gasteiger partial charge in [-0.15, -0.1) is 0 Å². The van der Waals surface area contributed by atoms with E-state index in [9.17, 15) is 4.79 Å². The van der Waals surface area contributed by atoms with Gasteiger partial charge in [0.05, 0.1) is 0 Å². The third-order valence-electron chi connectivity index (χ3n) is 5.02. The van der Waals surface area contributed by atoms with Crippen LogP contribution >= 0.6 is 0 Å². The van der Waals surface area contributed by atoms with Crippen LogP contribution in [0.5, 0.6) is 0 Å². The molecule has 0 atom stereocenters. The van der Waals surface area contributed by atoms with Crippen molar-refractivity contribution in [3.63, 3.8) is 0 Å². The van der Waals surface area contributed by atoms with E-state index in [0.717, 1.165) is 51.3 Å². The third-order valence-corrected chi connectivity index (χ3v) is 5.02. The second-order valence-corrected chi connectivity index (χ2v) is 7.17. The van der Waals surface area contributed by atoms with E-state index in [-0.39, 0.29) is 6.03 Å². The summed E-state index contributed by atoms with van der Waals surface area (Å²) in [5, 5.41) is 5.84. The van der Waals surface area contributed by atoms with Gasteiger partial charge in [-0.25, -0.2) is 4.79 Å². The Morgan fingerprint density at radius 3 is 2.27 bits per heavy atom. The molecule has 1 saturated carbocycles. The van der Waals surface area contributed by atoms with Gasteiger partial charge in [0.2, 0.25) is 0 Å². The fourth-order valence-corrected chi connectivity index (χ4v) is 3.34. The molecule has 1 heterocycles. The molecule has 26 heavy (non-hydrogen) atoms. The molecule has 5 heteroatoms. The van der Waals surface area contributed by atoms with E-state index in [4.69, 9.17) is 0 Å². The first-order valence-corrected chi connectivity index (χ1v) is 9.45. The van der Waals surface area contributed by atoms with Gasteiger partial charge >= 0.3 is 6.03 Å². The second-order valence-electron chi connectivity index (χ2n) is 7.17. The van der Waals surface area contributed by atoms with Crippen molar-refractivity contribution in [3.8, 4) is 0 Å². The topological polar surface area (TPSA) is 47.6 Å². The summed E-state index contributed by atoms with van der Waals surface area (Å²) < 4.78 is 0. The van der Waals surface area contributed by atoms with Crippen LogP contribution in [0.3, 0.4) is 0 Å². The smallest absolute Gasteiger partial charge is 0.319 e. The molecule has 2 aromatic carbocycles. The number of amides is 2. The lowest BCUT2D eigenvalue weighted by molar-refractivity contribution is 0.250. The number of carbonyl (C=O) groups is 1. The lowest BCUT2D eigenvalue weighted by Crippen LogP contribution is -2.45. The van der Waals surface area contributed by atoms with Crippen molar-refractivity contribution in [2.75, 3.05) is 36.4 Å². The summed E-state index contributed by atoms with van der Waals surface area (Å²) in [6, 6.07) is 19.1. The molecule has 2 fully saturated rings. The van der Waals surface area contributed by atoms with Crippen molar-refractivity contribution in [1.82, 2.24) is 10.2 Å². The number of carbonyl (C=O) groups excluding carboxylic acids is 1. The monoisotopic (exact) mass is 350 g/mol. The third kappa shape index (κ3) is 4.55. The molecule has 2 amide bonds. The highest BCUT2D eigenvalue weighted by Gasteiger charge is 2.23. The molecule has 2 N–H and O–H groups in total. The standard InChI is InChI=1S/C21H26N4O/c26-21(22-18-6-7-18)23-19-8-10-20(11-9-19)25-14-12-24(13-15-25)16-17-4-2-1-3-5-17/h1-5,8-11,18H,6-7,12-16H2,(H2,22,23,26). The van der Waals surface area contributed by atoms with Crippen LogP contribution in [-0.2, 0) is 6.54 Å². The van der Waals surface area contributed by atoms with Gasteiger partial charge in [-0.2, -0.15) is 0 Å². The molecule has 5 nitrogen and oxygen atoms in total. The first-order valence-electron chi connectivity index (χ1n) is 9.45. The number of benzene rings is 2. The number of rotatable bonds is 5. The maximum Gasteiger partial charge on any atom is 0.319 e. The lowest BCUT2D eigenvalue weighted by atomic mass is 10.2. The molecule has 1 saturated heterocycles. The largest absolute Gasteiger partial charge is 0.369 e. The van der Waals surface area contributed by atoms with E-state index in [1.807, 2.05) is 12.1 Å². The van der Waals surface area contributed by atoms with E-state index in [1.165, 1.54) is 11.3 Å². The fourth-order valence-electron chi connectivity index (χ4n) is 3.34. The summed E-state index contributed by atoms with van der Waals surface area (Å²) in [6.07, 6.45) is 2.20. The minimum atomic E-state index is -0.102. The van der Waals surface area contributed by atoms with Gasteiger partial charge in [0.15, 0.2) is 0 Å². The van der Waals surface area contributed by atoms with Crippen LogP contribution in [0, 0.1) is 0 Å². The van der Waals surface area contributed by atoms with E-state index in [1.54, 1.807) is 0 Å². The van der Waals surface area contributed by atoms with Gasteiger partial charge in [0.1, 0.15) is 0 Å². The Morgan fingerprint density at radius 2 is 1.62 bits per heavy atom. The minimum absolute atomic E-state index is 0.102. The number of urea groups is 1. The van der Waals surface area contributed by atoms with Crippen LogP contribution in [0.2, 0.25) is 0 Å². The number of nitrogens with zero attached hydrogens (tertiary/aromatic N) is 2. The maximum atomic E-state index is 11.8. The van der Waals surface area contributed by atoms with Crippen molar-refractivity contribution in [2.24, 2.45) is 0 Å². The quantitative estimate of drug-likeness (QED) is 0.870. The molecule has 0 unspecified atom stereocenters. The predicted octanol–water partition coefficient (Wildman–Crippen LogP) is 3.29. The summed E-state index contributed by atoms with van der Waals surface area (Å²) in [4.78, 5) is 16.7. The number of hydrogen-bond acceptors (Lipinski definition) is 3. The lowest BCUT2D eigenvalue weighted by Gasteiger charge is -2.36. The maximum absolute atomic E-state index is 11.8. The summed E-state index contributed by atoms with van der Waals surface area (Å²) in [5.41, 5.74) is 3.44. The van der Waals surface area contributed by atoms with Crippen molar-refractivity contribution >= 4 is 17.4 Å².